The molecule has 4 rings (SSSR count). The molecule has 0 radical (unpaired) electrons. The molecule has 0 saturated heterocycles. The molecule has 2 aromatic heterocycles. The molecule has 9 heteroatoms. The van der Waals surface area contributed by atoms with Crippen LogP contribution in [0, 0.1) is 0 Å². The topological polar surface area (TPSA) is 91.4 Å². The van der Waals surface area contributed by atoms with Gasteiger partial charge in [0.1, 0.15) is 12.3 Å². The molecule has 0 spiro atoms. The van der Waals surface area contributed by atoms with Crippen molar-refractivity contribution in [1.82, 2.24) is 35.0 Å². The Kier molecular flexibility index (Phi) is 6.29. The van der Waals surface area contributed by atoms with Crippen molar-refractivity contribution in [3.05, 3.63) is 72.1 Å². The second-order valence-electron chi connectivity index (χ2n) is 6.64. The summed E-state index contributed by atoms with van der Waals surface area (Å²) >= 11 is 1.41. The van der Waals surface area contributed by atoms with Gasteiger partial charge in [0, 0.05) is 18.5 Å². The average molecular weight is 420 g/mol. The quantitative estimate of drug-likeness (QED) is 0.385. The van der Waals surface area contributed by atoms with Gasteiger partial charge in [0.05, 0.1) is 5.75 Å². The summed E-state index contributed by atoms with van der Waals surface area (Å²) in [6.45, 7) is 3.07. The minimum Gasteiger partial charge on any atom is -0.305 e. The minimum absolute atomic E-state index is 0.156. The monoisotopic (exact) mass is 419 g/mol. The molecule has 0 saturated carbocycles. The first-order chi connectivity index (χ1) is 14.7. The molecule has 0 fully saturated rings. The van der Waals surface area contributed by atoms with E-state index < -0.39 is 0 Å². The molecule has 0 aliphatic carbocycles. The first-order valence-corrected chi connectivity index (χ1v) is 10.6. The van der Waals surface area contributed by atoms with E-state index in [1.165, 1.54) is 16.6 Å². The molecule has 0 unspecified atom stereocenters. The van der Waals surface area contributed by atoms with Gasteiger partial charge in [-0.3, -0.25) is 4.79 Å². The summed E-state index contributed by atoms with van der Waals surface area (Å²) in [7, 11) is 0. The van der Waals surface area contributed by atoms with Gasteiger partial charge in [0.15, 0.2) is 11.0 Å². The van der Waals surface area contributed by atoms with E-state index in [9.17, 15) is 4.79 Å². The zero-order chi connectivity index (χ0) is 20.8. The van der Waals surface area contributed by atoms with Crippen molar-refractivity contribution in [3.8, 4) is 11.4 Å². The fraction of sp³-hybridized carbons (Fsp3) is 0.238. The summed E-state index contributed by atoms with van der Waals surface area (Å²) < 4.78 is 1.98. The second kappa shape index (κ2) is 9.45. The number of Topliss-reactive ketones (excluding diaryl/α,β-unsaturated/α-hetero) is 1. The van der Waals surface area contributed by atoms with Gasteiger partial charge in [-0.15, -0.1) is 20.4 Å². The highest BCUT2D eigenvalue weighted by molar-refractivity contribution is 7.99. The van der Waals surface area contributed by atoms with Gasteiger partial charge in [-0.1, -0.05) is 72.4 Å². The third-order valence-corrected chi connectivity index (χ3v) is 5.51. The molecule has 152 valence electrons. The molecule has 2 aromatic carbocycles. The number of thioether (sulfide) groups is 1. The lowest BCUT2D eigenvalue weighted by molar-refractivity contribution is -0.116. The van der Waals surface area contributed by atoms with Crippen molar-refractivity contribution in [1.29, 1.82) is 0 Å². The van der Waals surface area contributed by atoms with E-state index in [4.69, 9.17) is 0 Å². The van der Waals surface area contributed by atoms with Gasteiger partial charge in [0.25, 0.3) is 0 Å². The predicted molar refractivity (Wildman–Crippen MR) is 114 cm³/mol. The van der Waals surface area contributed by atoms with E-state index in [2.05, 4.69) is 25.6 Å². The number of benzene rings is 2. The first kappa shape index (κ1) is 20.0. The lowest BCUT2D eigenvalue weighted by Crippen LogP contribution is -2.12. The standard InChI is InChI=1S/C21H21N7OS/c1-2-27-19(14-28-25-20(23-26-28)17-11-7-4-8-12-17)22-24-21(27)30-15-18(29)13-16-9-5-3-6-10-16/h3-12H,2,13-15H2,1H3. The summed E-state index contributed by atoms with van der Waals surface area (Å²) in [6.07, 6.45) is 0.423. The summed E-state index contributed by atoms with van der Waals surface area (Å²) in [5.41, 5.74) is 1.93. The molecular weight excluding hydrogens is 398 g/mol. The number of carbonyl (C=O) groups excluding carboxylic acids is 1. The Labute approximate surface area is 178 Å². The Morgan fingerprint density at radius 3 is 2.43 bits per heavy atom. The number of tetrazole rings is 1. The van der Waals surface area contributed by atoms with Crippen LogP contribution in [0.15, 0.2) is 65.8 Å². The number of carbonyl (C=O) groups is 1. The highest BCUT2D eigenvalue weighted by atomic mass is 32.2. The third-order valence-electron chi connectivity index (χ3n) is 4.48. The van der Waals surface area contributed by atoms with Gasteiger partial charge in [-0.2, -0.15) is 4.80 Å². The van der Waals surface area contributed by atoms with Crippen LogP contribution in [0.4, 0.5) is 0 Å². The Bertz CT molecular complexity index is 1110. The normalized spacial score (nSPS) is 11.0. The molecule has 0 aliphatic rings. The van der Waals surface area contributed by atoms with Crippen LogP contribution < -0.4 is 0 Å². The van der Waals surface area contributed by atoms with Crippen molar-refractivity contribution in [3.63, 3.8) is 0 Å². The first-order valence-electron chi connectivity index (χ1n) is 9.66. The van der Waals surface area contributed by atoms with Crippen LogP contribution in [0.2, 0.25) is 0 Å². The Balaban J connectivity index is 1.40. The van der Waals surface area contributed by atoms with Crippen LogP contribution in [0.25, 0.3) is 11.4 Å². The lowest BCUT2D eigenvalue weighted by Gasteiger charge is -2.06. The highest BCUT2D eigenvalue weighted by Gasteiger charge is 2.15. The van der Waals surface area contributed by atoms with Crippen LogP contribution in [-0.2, 0) is 24.3 Å². The molecule has 30 heavy (non-hydrogen) atoms. The maximum absolute atomic E-state index is 12.3. The molecule has 0 amide bonds. The van der Waals surface area contributed by atoms with Crippen molar-refractivity contribution in [2.45, 2.75) is 31.6 Å². The van der Waals surface area contributed by atoms with Crippen molar-refractivity contribution < 1.29 is 4.79 Å². The summed E-state index contributed by atoms with van der Waals surface area (Å²) in [4.78, 5) is 13.8. The van der Waals surface area contributed by atoms with Gasteiger partial charge >= 0.3 is 0 Å². The van der Waals surface area contributed by atoms with Crippen LogP contribution >= 0.6 is 11.8 Å². The molecule has 0 atom stereocenters. The van der Waals surface area contributed by atoms with Crippen molar-refractivity contribution in [2.75, 3.05) is 5.75 Å². The Morgan fingerprint density at radius 2 is 1.70 bits per heavy atom. The zero-order valence-electron chi connectivity index (χ0n) is 16.5. The molecule has 0 bridgehead atoms. The number of hydrogen-bond donors (Lipinski definition) is 0. The van der Waals surface area contributed by atoms with Gasteiger partial charge in [-0.05, 0) is 17.7 Å². The van der Waals surface area contributed by atoms with Crippen molar-refractivity contribution >= 4 is 17.5 Å². The van der Waals surface area contributed by atoms with E-state index in [0.717, 1.165) is 22.1 Å². The summed E-state index contributed by atoms with van der Waals surface area (Å²) in [5.74, 6) is 1.81. The Hall–Kier alpha value is -3.33. The number of rotatable bonds is 9. The molecular formula is C21H21N7OS. The highest BCUT2D eigenvalue weighted by Crippen LogP contribution is 2.19. The SMILES string of the molecule is CCn1c(Cn2nnc(-c3ccccc3)n2)nnc1SCC(=O)Cc1ccccc1. The third kappa shape index (κ3) is 4.80. The van der Waals surface area contributed by atoms with E-state index in [-0.39, 0.29) is 5.78 Å². The maximum Gasteiger partial charge on any atom is 0.204 e. The van der Waals surface area contributed by atoms with Crippen LogP contribution in [0.1, 0.15) is 18.3 Å². The van der Waals surface area contributed by atoms with Gasteiger partial charge < -0.3 is 4.57 Å². The maximum atomic E-state index is 12.3. The molecule has 0 N–H and O–H groups in total. The fourth-order valence-corrected chi connectivity index (χ4v) is 3.90. The van der Waals surface area contributed by atoms with E-state index >= 15 is 0 Å². The number of aromatic nitrogens is 7. The minimum atomic E-state index is 0.156. The molecule has 2 heterocycles. The predicted octanol–water partition coefficient (Wildman–Crippen LogP) is 2.90. The van der Waals surface area contributed by atoms with Crippen LogP contribution in [0.3, 0.4) is 0 Å². The summed E-state index contributed by atoms with van der Waals surface area (Å²) in [5, 5.41) is 21.9. The van der Waals surface area contributed by atoms with E-state index in [1.54, 1.807) is 0 Å². The van der Waals surface area contributed by atoms with Crippen molar-refractivity contribution in [2.24, 2.45) is 0 Å². The number of nitrogens with zero attached hydrogens (tertiary/aromatic N) is 7. The molecule has 4 aromatic rings. The Morgan fingerprint density at radius 1 is 0.967 bits per heavy atom. The smallest absolute Gasteiger partial charge is 0.204 e. The summed E-state index contributed by atoms with van der Waals surface area (Å²) in [6, 6.07) is 19.5. The van der Waals surface area contributed by atoms with Gasteiger partial charge in [0.2, 0.25) is 5.82 Å². The van der Waals surface area contributed by atoms with Gasteiger partial charge in [-0.25, -0.2) is 0 Å². The number of ketones is 1. The number of hydrogen-bond acceptors (Lipinski definition) is 7. The zero-order valence-corrected chi connectivity index (χ0v) is 17.4. The molecule has 0 aliphatic heterocycles. The lowest BCUT2D eigenvalue weighted by atomic mass is 10.1. The van der Waals surface area contributed by atoms with E-state index in [1.807, 2.05) is 72.2 Å². The van der Waals surface area contributed by atoms with Crippen LogP contribution in [0.5, 0.6) is 0 Å². The van der Waals surface area contributed by atoms with Crippen LogP contribution in [-0.4, -0.2) is 46.5 Å². The largest absolute Gasteiger partial charge is 0.305 e. The van der Waals surface area contributed by atoms with E-state index in [0.29, 0.717) is 31.1 Å². The molecule has 8 nitrogen and oxygen atoms in total. The second-order valence-corrected chi connectivity index (χ2v) is 7.58. The fourth-order valence-electron chi connectivity index (χ4n) is 3.02. The average Bonchev–Trinajstić information content (AvgIpc) is 3.40.